The van der Waals surface area contributed by atoms with Gasteiger partial charge in [-0.1, -0.05) is 36.4 Å². The number of hydrogen-bond donors (Lipinski definition) is 3. The number of aromatic nitrogens is 2. The highest BCUT2D eigenvalue weighted by molar-refractivity contribution is 7.80. The van der Waals surface area contributed by atoms with Gasteiger partial charge in [-0.15, -0.1) is 0 Å². The van der Waals surface area contributed by atoms with Gasteiger partial charge in [0.15, 0.2) is 5.11 Å². The van der Waals surface area contributed by atoms with E-state index in [1.807, 2.05) is 84.0 Å². The lowest BCUT2D eigenvalue weighted by Gasteiger charge is -2.28. The zero-order valence-corrected chi connectivity index (χ0v) is 22.5. The summed E-state index contributed by atoms with van der Waals surface area (Å²) in [5.74, 6) is -1.09. The Morgan fingerprint density at radius 1 is 1.03 bits per heavy atom. The van der Waals surface area contributed by atoms with Crippen molar-refractivity contribution in [2.24, 2.45) is 0 Å². The fraction of sp³-hybridized carbons (Fsp3) is 0.200. The van der Waals surface area contributed by atoms with Crippen molar-refractivity contribution in [3.05, 3.63) is 113 Å². The van der Waals surface area contributed by atoms with Crippen LogP contribution in [0.5, 0.6) is 0 Å². The number of carbonyl (C=O) groups is 2. The van der Waals surface area contributed by atoms with Crippen molar-refractivity contribution in [3.63, 3.8) is 0 Å². The molecular weight excluding hydrogens is 510 g/mol. The van der Waals surface area contributed by atoms with Crippen LogP contribution < -0.4 is 10.6 Å². The van der Waals surface area contributed by atoms with Gasteiger partial charge in [-0.05, 0) is 74.1 Å². The standard InChI is InChI=1S/C30H29N5O3S/c1-19-18-23(20(2)35(19)25-14-7-6-12-22(25)29(37)38)28-27(24-13-8-9-16-31-24)33-30(39)34(28)17-15-26(36)32-21-10-4-3-5-11-21/h3-14,16,18,27-28H,15,17H2,1-2H3,(H,32,36)(H,33,39)(H,37,38)/t27-,28-/m1/s1. The summed E-state index contributed by atoms with van der Waals surface area (Å²) in [5, 5.41) is 16.7. The minimum absolute atomic E-state index is 0.107. The van der Waals surface area contributed by atoms with Crippen LogP contribution >= 0.6 is 12.2 Å². The van der Waals surface area contributed by atoms with Crippen molar-refractivity contribution in [2.45, 2.75) is 32.4 Å². The van der Waals surface area contributed by atoms with E-state index in [-0.39, 0.29) is 30.0 Å². The average molecular weight is 540 g/mol. The van der Waals surface area contributed by atoms with Crippen LogP contribution in [0.4, 0.5) is 5.69 Å². The summed E-state index contributed by atoms with van der Waals surface area (Å²) in [6, 6.07) is 23.7. The molecule has 2 aromatic carbocycles. The van der Waals surface area contributed by atoms with E-state index in [4.69, 9.17) is 12.2 Å². The van der Waals surface area contributed by atoms with Gasteiger partial charge >= 0.3 is 5.97 Å². The molecule has 1 aliphatic heterocycles. The van der Waals surface area contributed by atoms with Gasteiger partial charge in [0.05, 0.1) is 29.0 Å². The molecule has 4 aromatic rings. The lowest BCUT2D eigenvalue weighted by atomic mass is 9.96. The molecule has 0 unspecified atom stereocenters. The number of hydrogen-bond acceptors (Lipinski definition) is 4. The van der Waals surface area contributed by atoms with Crippen molar-refractivity contribution in [3.8, 4) is 5.69 Å². The molecule has 39 heavy (non-hydrogen) atoms. The number of thiocarbonyl (C=S) groups is 1. The molecule has 198 valence electrons. The van der Waals surface area contributed by atoms with E-state index in [0.717, 1.165) is 28.3 Å². The molecule has 8 nitrogen and oxygen atoms in total. The average Bonchev–Trinajstić information content (AvgIpc) is 3.42. The molecule has 0 bridgehead atoms. The summed E-state index contributed by atoms with van der Waals surface area (Å²) >= 11 is 5.78. The normalized spacial score (nSPS) is 16.7. The number of carboxylic acids is 1. The molecule has 3 heterocycles. The van der Waals surface area contributed by atoms with Gasteiger partial charge in [-0.2, -0.15) is 0 Å². The first-order chi connectivity index (χ1) is 18.8. The number of nitrogens with one attached hydrogen (secondary N) is 2. The minimum Gasteiger partial charge on any atom is -0.478 e. The van der Waals surface area contributed by atoms with E-state index in [1.54, 1.807) is 18.3 Å². The molecule has 5 rings (SSSR count). The van der Waals surface area contributed by atoms with E-state index < -0.39 is 5.97 Å². The largest absolute Gasteiger partial charge is 0.478 e. The molecule has 1 fully saturated rings. The Bertz CT molecular complexity index is 1520. The number of carbonyl (C=O) groups excluding carboxylic acids is 1. The summed E-state index contributed by atoms with van der Waals surface area (Å²) in [7, 11) is 0. The van der Waals surface area contributed by atoms with Crippen LogP contribution in [-0.4, -0.2) is 43.1 Å². The van der Waals surface area contributed by atoms with Gasteiger partial charge in [0.2, 0.25) is 5.91 Å². The number of aryl methyl sites for hydroxylation is 1. The molecule has 1 amide bonds. The highest BCUT2D eigenvalue weighted by atomic mass is 32.1. The van der Waals surface area contributed by atoms with Gasteiger partial charge in [-0.25, -0.2) is 4.79 Å². The quantitative estimate of drug-likeness (QED) is 0.265. The maximum absolute atomic E-state index is 12.8. The Labute approximate surface area is 232 Å². The highest BCUT2D eigenvalue weighted by Gasteiger charge is 2.41. The summed E-state index contributed by atoms with van der Waals surface area (Å²) in [6.07, 6.45) is 1.99. The third kappa shape index (κ3) is 5.26. The van der Waals surface area contributed by atoms with Crippen molar-refractivity contribution in [1.29, 1.82) is 0 Å². The van der Waals surface area contributed by atoms with Crippen LogP contribution in [0.25, 0.3) is 5.69 Å². The first-order valence-electron chi connectivity index (χ1n) is 12.7. The highest BCUT2D eigenvalue weighted by Crippen LogP contribution is 2.41. The summed E-state index contributed by atoms with van der Waals surface area (Å²) < 4.78 is 1.97. The van der Waals surface area contributed by atoms with Crippen LogP contribution in [0.1, 0.15) is 51.5 Å². The number of anilines is 1. The Balaban J connectivity index is 1.51. The Morgan fingerprint density at radius 3 is 2.46 bits per heavy atom. The number of nitrogens with zero attached hydrogens (tertiary/aromatic N) is 3. The topological polar surface area (TPSA) is 99.5 Å². The van der Waals surface area contributed by atoms with E-state index in [1.165, 1.54) is 0 Å². The van der Waals surface area contributed by atoms with E-state index in [0.29, 0.717) is 17.3 Å². The summed E-state index contributed by atoms with van der Waals surface area (Å²) in [6.45, 7) is 4.34. The first kappa shape index (κ1) is 26.1. The van der Waals surface area contributed by atoms with Crippen molar-refractivity contribution >= 4 is 34.9 Å². The SMILES string of the molecule is Cc1cc([C@@H]2[C@@H](c3ccccn3)NC(=S)N2CCC(=O)Nc2ccccc2)c(C)n1-c1ccccc1C(=O)O. The van der Waals surface area contributed by atoms with Gasteiger partial charge in [0.1, 0.15) is 0 Å². The maximum atomic E-state index is 12.8. The number of para-hydroxylation sites is 2. The second kappa shape index (κ2) is 11.1. The van der Waals surface area contributed by atoms with Crippen LogP contribution in [0, 0.1) is 13.8 Å². The first-order valence-corrected chi connectivity index (χ1v) is 13.1. The van der Waals surface area contributed by atoms with E-state index >= 15 is 0 Å². The molecule has 1 saturated heterocycles. The Morgan fingerprint density at radius 2 is 1.74 bits per heavy atom. The Kier molecular flexibility index (Phi) is 7.42. The number of amides is 1. The zero-order valence-electron chi connectivity index (χ0n) is 21.7. The predicted molar refractivity (Wildman–Crippen MR) is 154 cm³/mol. The van der Waals surface area contributed by atoms with E-state index in [9.17, 15) is 14.7 Å². The Hall–Kier alpha value is -4.50. The predicted octanol–water partition coefficient (Wildman–Crippen LogP) is 5.19. The fourth-order valence-corrected chi connectivity index (χ4v) is 5.59. The van der Waals surface area contributed by atoms with Crippen LogP contribution in [0.15, 0.2) is 85.1 Å². The smallest absolute Gasteiger partial charge is 0.337 e. The van der Waals surface area contributed by atoms with Crippen LogP contribution in [0.3, 0.4) is 0 Å². The minimum atomic E-state index is -0.985. The number of benzene rings is 2. The van der Waals surface area contributed by atoms with Crippen molar-refractivity contribution in [2.75, 3.05) is 11.9 Å². The third-order valence-corrected chi connectivity index (χ3v) is 7.35. The third-order valence-electron chi connectivity index (χ3n) is 7.00. The molecule has 1 aliphatic rings. The molecule has 2 aromatic heterocycles. The van der Waals surface area contributed by atoms with Crippen molar-refractivity contribution in [1.82, 2.24) is 19.8 Å². The van der Waals surface area contributed by atoms with E-state index in [2.05, 4.69) is 21.7 Å². The van der Waals surface area contributed by atoms with Gasteiger partial charge in [0, 0.05) is 36.2 Å². The second-order valence-corrected chi connectivity index (χ2v) is 9.86. The van der Waals surface area contributed by atoms with Gasteiger partial charge in [0.25, 0.3) is 0 Å². The monoisotopic (exact) mass is 539 g/mol. The molecule has 0 spiro atoms. The lowest BCUT2D eigenvalue weighted by molar-refractivity contribution is -0.116. The van der Waals surface area contributed by atoms with Crippen LogP contribution in [0.2, 0.25) is 0 Å². The van der Waals surface area contributed by atoms with Gasteiger partial charge in [-0.3, -0.25) is 9.78 Å². The fourth-order valence-electron chi connectivity index (χ4n) is 5.26. The molecule has 0 radical (unpaired) electrons. The van der Waals surface area contributed by atoms with Crippen LogP contribution in [-0.2, 0) is 4.79 Å². The number of carboxylic acid groups (broad SMARTS) is 1. The molecule has 2 atom stereocenters. The maximum Gasteiger partial charge on any atom is 0.337 e. The second-order valence-electron chi connectivity index (χ2n) is 9.47. The molecular formula is C30H29N5O3S. The molecule has 0 aliphatic carbocycles. The lowest BCUT2D eigenvalue weighted by Crippen LogP contribution is -2.32. The van der Waals surface area contributed by atoms with Gasteiger partial charge < -0.3 is 25.2 Å². The number of pyridine rings is 1. The summed E-state index contributed by atoms with van der Waals surface area (Å²) in [5.41, 5.74) is 5.18. The van der Waals surface area contributed by atoms with Crippen molar-refractivity contribution < 1.29 is 14.7 Å². The molecule has 0 saturated carbocycles. The summed E-state index contributed by atoms with van der Waals surface area (Å²) in [4.78, 5) is 31.4. The molecule has 9 heteroatoms. The number of rotatable bonds is 8. The molecule has 3 N–H and O–H groups in total. The zero-order chi connectivity index (χ0) is 27.5. The number of aromatic carboxylic acids is 1.